The molecule has 1 fully saturated rings. The molecule has 2 atom stereocenters. The van der Waals surface area contributed by atoms with Crippen molar-refractivity contribution in [2.75, 3.05) is 6.54 Å². The van der Waals surface area contributed by atoms with Gasteiger partial charge in [-0.2, -0.15) is 0 Å². The number of benzene rings is 1. The van der Waals surface area contributed by atoms with E-state index in [9.17, 15) is 9.59 Å². The van der Waals surface area contributed by atoms with Gasteiger partial charge in [0.05, 0.1) is 0 Å². The van der Waals surface area contributed by atoms with Gasteiger partial charge in [-0.05, 0) is 43.0 Å². The van der Waals surface area contributed by atoms with Crippen LogP contribution in [0.5, 0.6) is 0 Å². The van der Waals surface area contributed by atoms with Gasteiger partial charge in [0.15, 0.2) is 0 Å². The molecular formula is C16H23N3O2. The molecule has 2 amide bonds. The van der Waals surface area contributed by atoms with Crippen LogP contribution in [0.3, 0.4) is 0 Å². The number of rotatable bonds is 5. The lowest BCUT2D eigenvalue weighted by atomic mass is 10.0. The highest BCUT2D eigenvalue weighted by Gasteiger charge is 2.27. The van der Waals surface area contributed by atoms with Gasteiger partial charge in [0.25, 0.3) is 5.91 Å². The Kier molecular flexibility index (Phi) is 5.33. The number of nitrogens with two attached hydrogens (primary N) is 1. The summed E-state index contributed by atoms with van der Waals surface area (Å²) in [5.41, 5.74) is 7.35. The van der Waals surface area contributed by atoms with Crippen molar-refractivity contribution in [2.24, 2.45) is 11.7 Å². The number of carbonyl (C=O) groups excluding carboxylic acids is 2. The minimum atomic E-state index is -0.0640. The molecule has 5 nitrogen and oxygen atoms in total. The minimum Gasteiger partial charge on any atom is -0.352 e. The lowest BCUT2D eigenvalue weighted by molar-refractivity contribution is -0.119. The monoisotopic (exact) mass is 289 g/mol. The van der Waals surface area contributed by atoms with Gasteiger partial charge in [-0.25, -0.2) is 0 Å². The predicted molar refractivity (Wildman–Crippen MR) is 81.6 cm³/mol. The fraction of sp³-hybridized carbons (Fsp3) is 0.500. The summed E-state index contributed by atoms with van der Waals surface area (Å²) in [6.07, 6.45) is 3.23. The molecule has 0 heterocycles. The molecule has 0 aliphatic heterocycles. The molecule has 0 bridgehead atoms. The average Bonchev–Trinajstić information content (AvgIpc) is 2.92. The summed E-state index contributed by atoms with van der Waals surface area (Å²) in [5, 5.41) is 5.81. The molecule has 1 saturated carbocycles. The van der Waals surface area contributed by atoms with Crippen molar-refractivity contribution in [2.45, 2.75) is 38.8 Å². The highest BCUT2D eigenvalue weighted by atomic mass is 16.2. The minimum absolute atomic E-state index is 0.0496. The van der Waals surface area contributed by atoms with E-state index >= 15 is 0 Å². The van der Waals surface area contributed by atoms with Crippen molar-refractivity contribution in [1.29, 1.82) is 0 Å². The first-order chi connectivity index (χ1) is 10.1. The zero-order valence-electron chi connectivity index (χ0n) is 12.4. The Morgan fingerprint density at radius 2 is 1.95 bits per heavy atom. The molecule has 2 rings (SSSR count). The quantitative estimate of drug-likeness (QED) is 0.761. The maximum absolute atomic E-state index is 12.2. The Bertz CT molecular complexity index is 499. The van der Waals surface area contributed by atoms with Crippen molar-refractivity contribution in [1.82, 2.24) is 10.6 Å². The fourth-order valence-electron chi connectivity index (χ4n) is 2.76. The first kappa shape index (κ1) is 15.5. The molecule has 0 saturated heterocycles. The van der Waals surface area contributed by atoms with Crippen LogP contribution in [0.4, 0.5) is 0 Å². The van der Waals surface area contributed by atoms with E-state index in [1.54, 1.807) is 12.1 Å². The van der Waals surface area contributed by atoms with E-state index < -0.39 is 0 Å². The summed E-state index contributed by atoms with van der Waals surface area (Å²) in [6, 6.07) is 7.50. The van der Waals surface area contributed by atoms with Crippen LogP contribution in [0.15, 0.2) is 24.3 Å². The van der Waals surface area contributed by atoms with Crippen LogP contribution in [0.1, 0.15) is 42.1 Å². The Hall–Kier alpha value is -1.88. The molecule has 21 heavy (non-hydrogen) atoms. The summed E-state index contributed by atoms with van der Waals surface area (Å²) < 4.78 is 0. The zero-order chi connectivity index (χ0) is 15.2. The second kappa shape index (κ2) is 7.22. The summed E-state index contributed by atoms with van der Waals surface area (Å²) in [5.74, 6) is 0.283. The molecule has 2 unspecified atom stereocenters. The van der Waals surface area contributed by atoms with Crippen LogP contribution in [0.25, 0.3) is 0 Å². The molecule has 0 aromatic heterocycles. The van der Waals surface area contributed by atoms with E-state index in [0.29, 0.717) is 24.6 Å². The molecule has 0 spiro atoms. The van der Waals surface area contributed by atoms with E-state index in [1.807, 2.05) is 12.1 Å². The lowest BCUT2D eigenvalue weighted by Gasteiger charge is -2.19. The predicted octanol–water partition coefficient (Wildman–Crippen LogP) is 1.18. The van der Waals surface area contributed by atoms with Gasteiger partial charge >= 0.3 is 0 Å². The summed E-state index contributed by atoms with van der Waals surface area (Å²) >= 11 is 0. The Morgan fingerprint density at radius 3 is 2.57 bits per heavy atom. The number of carbonyl (C=O) groups is 2. The lowest BCUT2D eigenvalue weighted by Crippen LogP contribution is -2.39. The number of hydrogen-bond donors (Lipinski definition) is 3. The Balaban J connectivity index is 1.92. The summed E-state index contributed by atoms with van der Waals surface area (Å²) in [7, 11) is 0. The maximum atomic E-state index is 12.2. The number of nitrogens with one attached hydrogen (secondary N) is 2. The van der Waals surface area contributed by atoms with Crippen LogP contribution in [0, 0.1) is 5.92 Å². The third-order valence-corrected chi connectivity index (χ3v) is 4.04. The van der Waals surface area contributed by atoms with Gasteiger partial charge < -0.3 is 16.4 Å². The molecule has 4 N–H and O–H groups in total. The van der Waals surface area contributed by atoms with Crippen LogP contribution in [0.2, 0.25) is 0 Å². The van der Waals surface area contributed by atoms with Crippen molar-refractivity contribution in [3.05, 3.63) is 35.4 Å². The number of hydrogen-bond acceptors (Lipinski definition) is 3. The molecule has 114 valence electrons. The largest absolute Gasteiger partial charge is 0.352 e. The molecule has 0 radical (unpaired) electrons. The second-order valence-electron chi connectivity index (χ2n) is 5.61. The van der Waals surface area contributed by atoms with Crippen LogP contribution in [-0.4, -0.2) is 24.4 Å². The van der Waals surface area contributed by atoms with Crippen molar-refractivity contribution in [3.8, 4) is 0 Å². The van der Waals surface area contributed by atoms with E-state index in [2.05, 4.69) is 10.6 Å². The van der Waals surface area contributed by atoms with Gasteiger partial charge in [-0.15, -0.1) is 0 Å². The molecule has 1 aromatic rings. The molecule has 1 aliphatic rings. The Labute approximate surface area is 125 Å². The van der Waals surface area contributed by atoms with E-state index in [-0.39, 0.29) is 17.9 Å². The van der Waals surface area contributed by atoms with Gasteiger partial charge in [0.1, 0.15) is 0 Å². The van der Waals surface area contributed by atoms with E-state index in [4.69, 9.17) is 5.73 Å². The summed E-state index contributed by atoms with van der Waals surface area (Å²) in [4.78, 5) is 23.1. The SMILES string of the molecule is CC(=O)NCc1ccc(C(=O)NC2CCCC2CN)cc1. The van der Waals surface area contributed by atoms with Gasteiger partial charge in [0, 0.05) is 25.1 Å². The van der Waals surface area contributed by atoms with Crippen LogP contribution >= 0.6 is 0 Å². The topological polar surface area (TPSA) is 84.2 Å². The van der Waals surface area contributed by atoms with Crippen molar-refractivity contribution >= 4 is 11.8 Å². The fourth-order valence-corrected chi connectivity index (χ4v) is 2.76. The van der Waals surface area contributed by atoms with Crippen molar-refractivity contribution < 1.29 is 9.59 Å². The second-order valence-corrected chi connectivity index (χ2v) is 5.61. The first-order valence-corrected chi connectivity index (χ1v) is 7.44. The standard InChI is InChI=1S/C16H23N3O2/c1-11(20)18-10-12-5-7-13(8-6-12)16(21)19-15-4-2-3-14(15)9-17/h5-8,14-15H,2-4,9-10,17H2,1H3,(H,18,20)(H,19,21). The zero-order valence-corrected chi connectivity index (χ0v) is 12.4. The molecule has 5 heteroatoms. The summed E-state index contributed by atoms with van der Waals surface area (Å²) in [6.45, 7) is 2.59. The molecule has 1 aliphatic carbocycles. The van der Waals surface area contributed by atoms with Gasteiger partial charge in [0.2, 0.25) is 5.91 Å². The normalized spacial score (nSPS) is 21.0. The highest BCUT2D eigenvalue weighted by molar-refractivity contribution is 5.94. The van der Waals surface area contributed by atoms with Gasteiger partial charge in [-0.1, -0.05) is 18.6 Å². The smallest absolute Gasteiger partial charge is 0.251 e. The third-order valence-electron chi connectivity index (χ3n) is 4.04. The molecule has 1 aromatic carbocycles. The molecular weight excluding hydrogens is 266 g/mol. The Morgan fingerprint density at radius 1 is 1.24 bits per heavy atom. The van der Waals surface area contributed by atoms with Crippen LogP contribution in [-0.2, 0) is 11.3 Å². The van der Waals surface area contributed by atoms with Crippen molar-refractivity contribution in [3.63, 3.8) is 0 Å². The third kappa shape index (κ3) is 4.29. The average molecular weight is 289 g/mol. The van der Waals surface area contributed by atoms with Crippen LogP contribution < -0.4 is 16.4 Å². The first-order valence-electron chi connectivity index (χ1n) is 7.44. The maximum Gasteiger partial charge on any atom is 0.251 e. The van der Waals surface area contributed by atoms with E-state index in [1.165, 1.54) is 6.92 Å². The highest BCUT2D eigenvalue weighted by Crippen LogP contribution is 2.24. The number of amides is 2. The van der Waals surface area contributed by atoms with E-state index in [0.717, 1.165) is 24.8 Å². The van der Waals surface area contributed by atoms with Gasteiger partial charge in [-0.3, -0.25) is 9.59 Å².